The fourth-order valence-corrected chi connectivity index (χ4v) is 4.28. The van der Waals surface area contributed by atoms with Gasteiger partial charge >= 0.3 is 12.1 Å². The van der Waals surface area contributed by atoms with Crippen molar-refractivity contribution in [1.29, 1.82) is 0 Å². The molecular weight excluding hydrogens is 394 g/mol. The highest BCUT2D eigenvalue weighted by Gasteiger charge is 2.32. The molecule has 0 spiro atoms. The summed E-state index contributed by atoms with van der Waals surface area (Å²) in [5.74, 6) is -1.74. The number of carbonyl (C=O) groups excluding carboxylic acids is 1. The number of hydrogen-bond acceptors (Lipinski definition) is 5. The standard InChI is InChI=1S/C21H23NO6S/c1-22(19(20(23)24)11-12-29(2,26)27)21(25)28-13-18-16-9-5-3-7-14(16)15-8-4-6-10-17(15)18/h3-10,18-19H,11-13H2,1-2H3,(H,23,24). The number of aliphatic carboxylic acids is 1. The number of benzene rings is 2. The number of carboxylic acids is 1. The Kier molecular flexibility index (Phi) is 5.93. The molecule has 2 aromatic rings. The number of carboxylic acid groups (broad SMARTS) is 1. The lowest BCUT2D eigenvalue weighted by Crippen LogP contribution is -2.44. The molecule has 0 saturated heterocycles. The summed E-state index contributed by atoms with van der Waals surface area (Å²) >= 11 is 0. The minimum Gasteiger partial charge on any atom is -0.480 e. The van der Waals surface area contributed by atoms with Gasteiger partial charge in [-0.15, -0.1) is 0 Å². The van der Waals surface area contributed by atoms with E-state index in [1.54, 1.807) is 0 Å². The lowest BCUT2D eigenvalue weighted by Gasteiger charge is -2.25. The number of amides is 1. The van der Waals surface area contributed by atoms with Crippen molar-refractivity contribution in [2.75, 3.05) is 25.7 Å². The van der Waals surface area contributed by atoms with Crippen LogP contribution in [-0.4, -0.2) is 62.2 Å². The summed E-state index contributed by atoms with van der Waals surface area (Å²) in [6.07, 6.45) is 0.0291. The van der Waals surface area contributed by atoms with Gasteiger partial charge in [0.2, 0.25) is 0 Å². The van der Waals surface area contributed by atoms with Crippen molar-refractivity contribution in [3.8, 4) is 11.1 Å². The fraction of sp³-hybridized carbons (Fsp3) is 0.333. The van der Waals surface area contributed by atoms with Gasteiger partial charge in [-0.1, -0.05) is 48.5 Å². The van der Waals surface area contributed by atoms with Crippen molar-refractivity contribution in [2.24, 2.45) is 0 Å². The van der Waals surface area contributed by atoms with E-state index >= 15 is 0 Å². The SMILES string of the molecule is CN(C(=O)OCC1c2ccccc2-c2ccccc21)C(CCS(C)(=O)=O)C(=O)O. The molecule has 2 aromatic carbocycles. The first kappa shape index (κ1) is 20.9. The van der Waals surface area contributed by atoms with E-state index in [9.17, 15) is 23.1 Å². The predicted octanol–water partition coefficient (Wildman–Crippen LogP) is 2.76. The number of sulfone groups is 1. The molecule has 1 amide bonds. The van der Waals surface area contributed by atoms with Crippen molar-refractivity contribution in [1.82, 2.24) is 4.90 Å². The summed E-state index contributed by atoms with van der Waals surface area (Å²) in [4.78, 5) is 24.9. The Morgan fingerprint density at radius 1 is 1.07 bits per heavy atom. The molecule has 8 heteroatoms. The molecule has 0 heterocycles. The van der Waals surface area contributed by atoms with Crippen LogP contribution in [0, 0.1) is 0 Å². The van der Waals surface area contributed by atoms with Gasteiger partial charge in [-0.3, -0.25) is 4.90 Å². The average Bonchev–Trinajstić information content (AvgIpc) is 2.99. The summed E-state index contributed by atoms with van der Waals surface area (Å²) in [6.45, 7) is 0.0651. The van der Waals surface area contributed by atoms with Gasteiger partial charge < -0.3 is 9.84 Å². The molecular formula is C21H23NO6S. The monoisotopic (exact) mass is 417 g/mol. The Morgan fingerprint density at radius 3 is 2.07 bits per heavy atom. The molecule has 0 aromatic heterocycles. The van der Waals surface area contributed by atoms with Crippen molar-refractivity contribution in [3.05, 3.63) is 59.7 Å². The van der Waals surface area contributed by atoms with Crippen molar-refractivity contribution < 1.29 is 27.9 Å². The van der Waals surface area contributed by atoms with E-state index in [0.29, 0.717) is 0 Å². The minimum absolute atomic E-state index is 0.0651. The van der Waals surface area contributed by atoms with Crippen molar-refractivity contribution >= 4 is 21.9 Å². The second kappa shape index (κ2) is 8.24. The van der Waals surface area contributed by atoms with Gasteiger partial charge in [0.1, 0.15) is 22.5 Å². The lowest BCUT2D eigenvalue weighted by atomic mass is 9.98. The number of nitrogens with zero attached hydrogens (tertiary/aromatic N) is 1. The third-order valence-electron chi connectivity index (χ3n) is 5.14. The molecule has 1 atom stereocenters. The number of fused-ring (bicyclic) bond motifs is 3. The second-order valence-electron chi connectivity index (χ2n) is 7.19. The molecule has 1 unspecified atom stereocenters. The Morgan fingerprint density at radius 2 is 1.59 bits per heavy atom. The third-order valence-corrected chi connectivity index (χ3v) is 6.12. The van der Waals surface area contributed by atoms with Crippen LogP contribution < -0.4 is 0 Å². The zero-order valence-electron chi connectivity index (χ0n) is 16.2. The van der Waals surface area contributed by atoms with Gasteiger partial charge in [0, 0.05) is 19.2 Å². The molecule has 0 aliphatic heterocycles. The van der Waals surface area contributed by atoms with Crippen LogP contribution in [0.4, 0.5) is 4.79 Å². The minimum atomic E-state index is -3.35. The zero-order valence-corrected chi connectivity index (χ0v) is 17.1. The van der Waals surface area contributed by atoms with Gasteiger partial charge in [0.25, 0.3) is 0 Å². The number of likely N-dealkylation sites (N-methyl/N-ethyl adjacent to an activating group) is 1. The molecule has 1 aliphatic rings. The van der Waals surface area contributed by atoms with Crippen LogP contribution >= 0.6 is 0 Å². The quantitative estimate of drug-likeness (QED) is 0.743. The number of hydrogen-bond donors (Lipinski definition) is 1. The topological polar surface area (TPSA) is 101 Å². The molecule has 0 radical (unpaired) electrons. The number of rotatable bonds is 7. The number of carbonyl (C=O) groups is 2. The van der Waals surface area contributed by atoms with Crippen LogP contribution in [0.5, 0.6) is 0 Å². The maximum Gasteiger partial charge on any atom is 0.410 e. The summed E-state index contributed by atoms with van der Waals surface area (Å²) < 4.78 is 28.2. The maximum absolute atomic E-state index is 12.5. The predicted molar refractivity (Wildman–Crippen MR) is 109 cm³/mol. The van der Waals surface area contributed by atoms with E-state index in [1.165, 1.54) is 7.05 Å². The smallest absolute Gasteiger partial charge is 0.410 e. The largest absolute Gasteiger partial charge is 0.480 e. The second-order valence-corrected chi connectivity index (χ2v) is 9.45. The highest BCUT2D eigenvalue weighted by Crippen LogP contribution is 2.44. The third kappa shape index (κ3) is 4.59. The summed E-state index contributed by atoms with van der Waals surface area (Å²) in [5, 5.41) is 9.39. The first-order chi connectivity index (χ1) is 13.7. The highest BCUT2D eigenvalue weighted by atomic mass is 32.2. The van der Waals surface area contributed by atoms with Crippen LogP contribution in [0.25, 0.3) is 11.1 Å². The zero-order chi connectivity index (χ0) is 21.2. The first-order valence-electron chi connectivity index (χ1n) is 9.17. The molecule has 29 heavy (non-hydrogen) atoms. The lowest BCUT2D eigenvalue weighted by molar-refractivity contribution is -0.142. The van der Waals surface area contributed by atoms with Crippen LogP contribution in [0.2, 0.25) is 0 Å². The summed E-state index contributed by atoms with van der Waals surface area (Å²) in [6, 6.07) is 14.5. The van der Waals surface area contributed by atoms with Crippen LogP contribution in [0.15, 0.2) is 48.5 Å². The molecule has 154 valence electrons. The Hall–Kier alpha value is -2.87. The normalized spacial score (nSPS) is 14.0. The fourth-order valence-electron chi connectivity index (χ4n) is 3.63. The van der Waals surface area contributed by atoms with Gasteiger partial charge in [0.05, 0.1) is 5.75 Å². The van der Waals surface area contributed by atoms with Crippen molar-refractivity contribution in [2.45, 2.75) is 18.4 Å². The van der Waals surface area contributed by atoms with Crippen LogP contribution in [0.3, 0.4) is 0 Å². The van der Waals surface area contributed by atoms with Gasteiger partial charge in [-0.05, 0) is 28.7 Å². The molecule has 1 aliphatic carbocycles. The molecule has 0 bridgehead atoms. The van der Waals surface area contributed by atoms with E-state index in [-0.39, 0.29) is 24.7 Å². The van der Waals surface area contributed by atoms with Gasteiger partial charge in [0.15, 0.2) is 0 Å². The van der Waals surface area contributed by atoms with Gasteiger partial charge in [-0.25, -0.2) is 18.0 Å². The van der Waals surface area contributed by atoms with E-state index in [1.807, 2.05) is 48.5 Å². The molecule has 0 saturated carbocycles. The van der Waals surface area contributed by atoms with E-state index in [4.69, 9.17) is 4.74 Å². The van der Waals surface area contributed by atoms with E-state index in [0.717, 1.165) is 33.4 Å². The first-order valence-corrected chi connectivity index (χ1v) is 11.2. The molecule has 7 nitrogen and oxygen atoms in total. The molecule has 0 fully saturated rings. The Bertz CT molecular complexity index is 987. The Labute approximate surface area is 169 Å². The van der Waals surface area contributed by atoms with Crippen LogP contribution in [-0.2, 0) is 19.4 Å². The number of ether oxygens (including phenoxy) is 1. The molecule has 1 N–H and O–H groups in total. The Balaban J connectivity index is 1.72. The average molecular weight is 417 g/mol. The van der Waals surface area contributed by atoms with Crippen LogP contribution in [0.1, 0.15) is 23.5 Å². The van der Waals surface area contributed by atoms with E-state index in [2.05, 4.69) is 0 Å². The van der Waals surface area contributed by atoms with Crippen molar-refractivity contribution in [3.63, 3.8) is 0 Å². The summed E-state index contributed by atoms with van der Waals surface area (Å²) in [5.41, 5.74) is 4.29. The maximum atomic E-state index is 12.5. The molecule has 3 rings (SSSR count). The van der Waals surface area contributed by atoms with Gasteiger partial charge in [-0.2, -0.15) is 0 Å². The van der Waals surface area contributed by atoms with E-state index < -0.39 is 27.9 Å². The summed E-state index contributed by atoms with van der Waals surface area (Å²) in [7, 11) is -2.04. The highest BCUT2D eigenvalue weighted by molar-refractivity contribution is 7.90.